The van der Waals surface area contributed by atoms with E-state index in [0.29, 0.717) is 22.5 Å². The fourth-order valence-electron chi connectivity index (χ4n) is 3.21. The predicted molar refractivity (Wildman–Crippen MR) is 133 cm³/mol. The van der Waals surface area contributed by atoms with E-state index in [-0.39, 0.29) is 36.7 Å². The first-order chi connectivity index (χ1) is 18.0. The van der Waals surface area contributed by atoms with Crippen molar-refractivity contribution in [3.05, 3.63) is 89.2 Å². The van der Waals surface area contributed by atoms with Crippen molar-refractivity contribution in [3.63, 3.8) is 0 Å². The van der Waals surface area contributed by atoms with Gasteiger partial charge < -0.3 is 25.7 Å². The molecule has 0 saturated carbocycles. The molecule has 3 rings (SSSR count). The first-order valence-corrected chi connectivity index (χ1v) is 11.3. The van der Waals surface area contributed by atoms with Crippen LogP contribution in [0, 0.1) is 5.82 Å². The van der Waals surface area contributed by atoms with E-state index in [0.717, 1.165) is 12.1 Å². The molecule has 11 heteroatoms. The molecular weight excluding hydrogens is 508 g/mol. The van der Waals surface area contributed by atoms with Crippen LogP contribution >= 0.6 is 0 Å². The van der Waals surface area contributed by atoms with Crippen LogP contribution in [-0.4, -0.2) is 24.7 Å². The molecule has 0 radical (unpaired) electrons. The van der Waals surface area contributed by atoms with Crippen molar-refractivity contribution >= 4 is 29.4 Å². The first kappa shape index (κ1) is 28.0. The molecule has 38 heavy (non-hydrogen) atoms. The molecule has 3 aromatic carbocycles. The summed E-state index contributed by atoms with van der Waals surface area (Å²) in [7, 11) is 0. The molecule has 0 atom stereocenters. The largest absolute Gasteiger partial charge is 0.491 e. The number of carbonyl (C=O) groups excluding carboxylic acids is 2. The minimum absolute atomic E-state index is 0.000933. The maximum Gasteiger partial charge on any atom is 0.389 e. The van der Waals surface area contributed by atoms with Gasteiger partial charge in [-0.25, -0.2) is 14.0 Å². The topological polar surface area (TPSA) is 114 Å². The van der Waals surface area contributed by atoms with Gasteiger partial charge in [0.2, 0.25) is 0 Å². The first-order valence-electron chi connectivity index (χ1n) is 11.3. The van der Waals surface area contributed by atoms with E-state index < -0.39 is 30.4 Å². The zero-order valence-electron chi connectivity index (χ0n) is 20.0. The molecule has 0 aliphatic rings. The lowest BCUT2D eigenvalue weighted by atomic mass is 10.2. The van der Waals surface area contributed by atoms with Crippen LogP contribution in [0.5, 0.6) is 11.5 Å². The molecule has 4 N–H and O–H groups in total. The Hall–Kier alpha value is -4.54. The average Bonchev–Trinajstić information content (AvgIpc) is 2.84. The summed E-state index contributed by atoms with van der Waals surface area (Å²) in [5, 5.41) is 0. The molecule has 0 aliphatic carbocycles. The molecule has 0 fully saturated rings. The van der Waals surface area contributed by atoms with Crippen molar-refractivity contribution in [2.45, 2.75) is 25.6 Å². The van der Waals surface area contributed by atoms with Crippen LogP contribution < -0.4 is 20.9 Å². The molecule has 7 nitrogen and oxygen atoms in total. The highest BCUT2D eigenvalue weighted by atomic mass is 19.4. The third-order valence-corrected chi connectivity index (χ3v) is 4.95. The maximum absolute atomic E-state index is 14.2. The number of anilines is 2. The highest BCUT2D eigenvalue weighted by Gasteiger charge is 2.26. The lowest BCUT2D eigenvalue weighted by Gasteiger charge is -2.10. The Morgan fingerprint density at radius 2 is 1.61 bits per heavy atom. The van der Waals surface area contributed by atoms with Gasteiger partial charge in [-0.15, -0.1) is 0 Å². The highest BCUT2D eigenvalue weighted by Crippen LogP contribution is 2.24. The van der Waals surface area contributed by atoms with Crippen LogP contribution in [0.3, 0.4) is 0 Å². The normalized spacial score (nSPS) is 11.4. The summed E-state index contributed by atoms with van der Waals surface area (Å²) in [4.78, 5) is 24.3. The second-order valence-electron chi connectivity index (χ2n) is 8.12. The summed E-state index contributed by atoms with van der Waals surface area (Å²) in [5.41, 5.74) is 13.5. The molecule has 3 aromatic rings. The van der Waals surface area contributed by atoms with Gasteiger partial charge in [-0.1, -0.05) is 12.1 Å². The maximum atomic E-state index is 14.2. The second kappa shape index (κ2) is 12.6. The van der Waals surface area contributed by atoms with Gasteiger partial charge >= 0.3 is 18.1 Å². The number of hydrogen-bond donors (Lipinski definition) is 2. The number of nitrogens with two attached hydrogens (primary N) is 2. The van der Waals surface area contributed by atoms with E-state index in [1.165, 1.54) is 30.4 Å². The van der Waals surface area contributed by atoms with Gasteiger partial charge in [0.05, 0.1) is 12.2 Å². The molecular formula is C27H24F4N2O5. The van der Waals surface area contributed by atoms with E-state index in [1.54, 1.807) is 30.3 Å². The highest BCUT2D eigenvalue weighted by molar-refractivity contribution is 5.91. The molecule has 0 heterocycles. The zero-order valence-corrected chi connectivity index (χ0v) is 20.0. The summed E-state index contributed by atoms with van der Waals surface area (Å²) < 4.78 is 66.1. The fraction of sp³-hybridized carbons (Fsp3) is 0.185. The fourth-order valence-corrected chi connectivity index (χ4v) is 3.21. The molecule has 200 valence electrons. The van der Waals surface area contributed by atoms with Crippen molar-refractivity contribution in [2.75, 3.05) is 18.1 Å². The summed E-state index contributed by atoms with van der Waals surface area (Å²) in [6.45, 7) is -0.324. The Kier molecular flexibility index (Phi) is 9.31. The number of esters is 2. The van der Waals surface area contributed by atoms with Gasteiger partial charge in [0, 0.05) is 23.9 Å². The van der Waals surface area contributed by atoms with Gasteiger partial charge in [-0.3, -0.25) is 0 Å². The van der Waals surface area contributed by atoms with Gasteiger partial charge in [-0.2, -0.15) is 13.2 Å². The summed E-state index contributed by atoms with van der Waals surface area (Å²) in [5.74, 6) is -2.44. The molecule has 0 saturated heterocycles. The van der Waals surface area contributed by atoms with Crippen LogP contribution in [0.15, 0.2) is 66.7 Å². The summed E-state index contributed by atoms with van der Waals surface area (Å²) >= 11 is 0. The molecule has 0 spiro atoms. The third-order valence-electron chi connectivity index (χ3n) is 4.95. The van der Waals surface area contributed by atoms with Crippen LogP contribution in [0.25, 0.3) is 6.08 Å². The smallest absolute Gasteiger partial charge is 0.389 e. The minimum atomic E-state index is -4.32. The number of hydrogen-bond acceptors (Lipinski definition) is 7. The van der Waals surface area contributed by atoms with E-state index in [4.69, 9.17) is 25.7 Å². The molecule has 0 amide bonds. The van der Waals surface area contributed by atoms with Crippen molar-refractivity contribution in [1.29, 1.82) is 0 Å². The monoisotopic (exact) mass is 532 g/mol. The predicted octanol–water partition coefficient (Wildman–Crippen LogP) is 5.69. The zero-order chi connectivity index (χ0) is 27.7. The number of ether oxygens (including phenoxy) is 3. The van der Waals surface area contributed by atoms with Gasteiger partial charge in [0.1, 0.15) is 12.4 Å². The number of rotatable bonds is 10. The lowest BCUT2D eigenvalue weighted by molar-refractivity contribution is -0.139. The second-order valence-corrected chi connectivity index (χ2v) is 8.12. The van der Waals surface area contributed by atoms with E-state index in [1.807, 2.05) is 0 Å². The third kappa shape index (κ3) is 9.16. The molecule has 0 aromatic heterocycles. The van der Waals surface area contributed by atoms with E-state index in [9.17, 15) is 27.2 Å². The minimum Gasteiger partial charge on any atom is -0.491 e. The number of alkyl halides is 3. The number of carbonyl (C=O) groups is 2. The quantitative estimate of drug-likeness (QED) is 0.0862. The van der Waals surface area contributed by atoms with Crippen molar-refractivity contribution < 1.29 is 41.4 Å². The van der Waals surface area contributed by atoms with Crippen LogP contribution in [-0.2, 0) is 16.1 Å². The Labute approximate surface area is 215 Å². The SMILES string of the molecule is Nc1cc(N)cc(COC(=O)/C=C/c2ccc(OC(=O)c3ccc(OCCCC(F)(F)F)c(F)c3)cc2)c1. The van der Waals surface area contributed by atoms with Crippen molar-refractivity contribution in [1.82, 2.24) is 0 Å². The Morgan fingerprint density at radius 1 is 0.921 bits per heavy atom. The van der Waals surface area contributed by atoms with Crippen LogP contribution in [0.4, 0.5) is 28.9 Å². The van der Waals surface area contributed by atoms with Crippen molar-refractivity contribution in [2.24, 2.45) is 0 Å². The van der Waals surface area contributed by atoms with Gasteiger partial charge in [0.25, 0.3) is 0 Å². The summed E-state index contributed by atoms with van der Waals surface area (Å²) in [6.07, 6.45) is -2.95. The Bertz CT molecular complexity index is 1290. The van der Waals surface area contributed by atoms with E-state index in [2.05, 4.69) is 0 Å². The lowest BCUT2D eigenvalue weighted by Crippen LogP contribution is -2.11. The van der Waals surface area contributed by atoms with Gasteiger partial charge in [0.15, 0.2) is 11.6 Å². The molecule has 0 aliphatic heterocycles. The van der Waals surface area contributed by atoms with E-state index >= 15 is 0 Å². The number of nitrogen functional groups attached to an aromatic ring is 2. The molecule has 0 unspecified atom stereocenters. The Morgan fingerprint density at radius 3 is 2.24 bits per heavy atom. The Balaban J connectivity index is 1.49. The molecule has 0 bridgehead atoms. The van der Waals surface area contributed by atoms with Crippen molar-refractivity contribution in [3.8, 4) is 11.5 Å². The van der Waals surface area contributed by atoms with Gasteiger partial charge in [-0.05, 0) is 72.2 Å². The standard InChI is InChI=1S/C27H24F4N2O5/c28-23-14-19(5-8-24(23)36-11-1-10-27(29,30)31)26(35)38-22-6-2-17(3-7-22)4-9-25(34)37-16-18-12-20(32)15-21(33)13-18/h2-9,12-15H,1,10-11,16,32-33H2/b9-4+. The van der Waals surface area contributed by atoms with Crippen LogP contribution in [0.2, 0.25) is 0 Å². The average molecular weight is 532 g/mol. The summed E-state index contributed by atoms with van der Waals surface area (Å²) in [6, 6.07) is 14.3. The number of benzene rings is 3. The van der Waals surface area contributed by atoms with Crippen LogP contribution in [0.1, 0.15) is 34.3 Å². The number of halogens is 4.